The van der Waals surface area contributed by atoms with E-state index < -0.39 is 23.5 Å². The van der Waals surface area contributed by atoms with Gasteiger partial charge in [0.05, 0.1) is 11.2 Å². The van der Waals surface area contributed by atoms with Crippen LogP contribution in [0.1, 0.15) is 10.5 Å². The molecule has 5 rings (SSSR count). The number of hydrogen-bond acceptors (Lipinski definition) is 5. The first-order chi connectivity index (χ1) is 16.9. The van der Waals surface area contributed by atoms with E-state index in [0.29, 0.717) is 33.1 Å². The number of halogens is 2. The molecule has 35 heavy (non-hydrogen) atoms. The van der Waals surface area contributed by atoms with Crippen LogP contribution in [0.25, 0.3) is 10.9 Å². The summed E-state index contributed by atoms with van der Waals surface area (Å²) in [6.07, 6.45) is 0. The molecule has 3 amide bonds. The SMILES string of the molecule is O=C(Nc1ccc2c(c1)OCO2)C(=O)Nn1c(C(=O)Nc2ccccc2F)cc2cc(Cl)ccc21. The molecule has 0 fully saturated rings. The number of anilines is 2. The molecule has 1 aliphatic heterocycles. The third-order valence-corrected chi connectivity index (χ3v) is 5.40. The highest BCUT2D eigenvalue weighted by Crippen LogP contribution is 2.34. The van der Waals surface area contributed by atoms with Crippen LogP contribution in [0, 0.1) is 5.82 Å². The van der Waals surface area contributed by atoms with Gasteiger partial charge in [0.1, 0.15) is 11.5 Å². The number of rotatable bonds is 4. The summed E-state index contributed by atoms with van der Waals surface area (Å²) in [5.41, 5.74) is 3.05. The Balaban J connectivity index is 1.41. The summed E-state index contributed by atoms with van der Waals surface area (Å²) in [4.78, 5) is 38.3. The van der Waals surface area contributed by atoms with Crippen molar-refractivity contribution in [2.24, 2.45) is 0 Å². The van der Waals surface area contributed by atoms with Crippen molar-refractivity contribution in [1.29, 1.82) is 0 Å². The Morgan fingerprint density at radius 3 is 2.51 bits per heavy atom. The number of amides is 3. The van der Waals surface area contributed by atoms with Crippen LogP contribution >= 0.6 is 11.6 Å². The molecule has 0 unspecified atom stereocenters. The number of nitrogens with zero attached hydrogens (tertiary/aromatic N) is 1. The van der Waals surface area contributed by atoms with Crippen molar-refractivity contribution < 1.29 is 28.2 Å². The molecule has 11 heteroatoms. The molecule has 0 saturated carbocycles. The van der Waals surface area contributed by atoms with Crippen molar-refractivity contribution in [1.82, 2.24) is 4.68 Å². The summed E-state index contributed by atoms with van der Waals surface area (Å²) in [7, 11) is 0. The highest BCUT2D eigenvalue weighted by Gasteiger charge is 2.22. The van der Waals surface area contributed by atoms with E-state index in [2.05, 4.69) is 16.1 Å². The average molecular weight is 495 g/mol. The normalized spacial score (nSPS) is 11.8. The topological polar surface area (TPSA) is 111 Å². The lowest BCUT2D eigenvalue weighted by Gasteiger charge is -2.13. The zero-order valence-corrected chi connectivity index (χ0v) is 18.6. The number of benzene rings is 3. The minimum Gasteiger partial charge on any atom is -0.454 e. The predicted molar refractivity (Wildman–Crippen MR) is 127 cm³/mol. The van der Waals surface area contributed by atoms with Gasteiger partial charge in [-0.25, -0.2) is 9.07 Å². The molecule has 0 bridgehead atoms. The lowest BCUT2D eigenvalue weighted by Crippen LogP contribution is -2.36. The van der Waals surface area contributed by atoms with Gasteiger partial charge in [0.25, 0.3) is 5.91 Å². The van der Waals surface area contributed by atoms with Crippen LogP contribution in [0.3, 0.4) is 0 Å². The Hall–Kier alpha value is -4.57. The van der Waals surface area contributed by atoms with Gasteiger partial charge in [0, 0.05) is 22.2 Å². The number of ether oxygens (including phenoxy) is 2. The molecule has 4 aromatic rings. The first-order valence-electron chi connectivity index (χ1n) is 10.3. The highest BCUT2D eigenvalue weighted by molar-refractivity contribution is 6.42. The summed E-state index contributed by atoms with van der Waals surface area (Å²) >= 11 is 6.07. The van der Waals surface area contributed by atoms with E-state index in [0.717, 1.165) is 4.68 Å². The third kappa shape index (κ3) is 4.46. The molecule has 9 nitrogen and oxygen atoms in total. The molecule has 0 radical (unpaired) electrons. The maximum atomic E-state index is 14.1. The van der Waals surface area contributed by atoms with Crippen molar-refractivity contribution in [2.75, 3.05) is 22.9 Å². The van der Waals surface area contributed by atoms with Crippen molar-refractivity contribution in [3.63, 3.8) is 0 Å². The second-order valence-corrected chi connectivity index (χ2v) is 7.90. The quantitative estimate of drug-likeness (QED) is 0.370. The Bertz CT molecular complexity index is 1500. The Morgan fingerprint density at radius 1 is 0.886 bits per heavy atom. The van der Waals surface area contributed by atoms with Crippen LogP contribution in [0.2, 0.25) is 5.02 Å². The van der Waals surface area contributed by atoms with Gasteiger partial charge in [0.2, 0.25) is 6.79 Å². The number of aromatic nitrogens is 1. The lowest BCUT2D eigenvalue weighted by molar-refractivity contribution is -0.133. The standard InChI is InChI=1S/C24H16ClFN4O5/c25-14-5-7-18-13(9-14)10-19(22(31)28-17-4-2-1-3-16(17)26)30(18)29-24(33)23(32)27-15-6-8-20-21(11-15)35-12-34-20/h1-11H,12H2,(H,27,32)(H,28,31)(H,29,33). The fourth-order valence-corrected chi connectivity index (χ4v) is 3.72. The van der Waals surface area contributed by atoms with E-state index in [1.165, 1.54) is 30.3 Å². The molecule has 3 N–H and O–H groups in total. The largest absolute Gasteiger partial charge is 0.454 e. The molecular weight excluding hydrogens is 479 g/mol. The van der Waals surface area contributed by atoms with E-state index in [1.807, 2.05) is 0 Å². The van der Waals surface area contributed by atoms with Gasteiger partial charge in [-0.05, 0) is 48.5 Å². The molecule has 0 atom stereocenters. The van der Waals surface area contributed by atoms with E-state index in [4.69, 9.17) is 21.1 Å². The fourth-order valence-electron chi connectivity index (χ4n) is 3.54. The van der Waals surface area contributed by atoms with Crippen LogP contribution < -0.4 is 25.5 Å². The van der Waals surface area contributed by atoms with Crippen LogP contribution in [0.5, 0.6) is 11.5 Å². The Morgan fingerprint density at radius 2 is 1.69 bits per heavy atom. The van der Waals surface area contributed by atoms with E-state index in [-0.39, 0.29) is 18.2 Å². The summed E-state index contributed by atoms with van der Waals surface area (Å²) in [6.45, 7) is 0.0651. The number of fused-ring (bicyclic) bond motifs is 2. The predicted octanol–water partition coefficient (Wildman–Crippen LogP) is 4.12. The first kappa shape index (κ1) is 22.2. The van der Waals surface area contributed by atoms with Crippen LogP contribution in [0.15, 0.2) is 66.7 Å². The van der Waals surface area contributed by atoms with Crippen LogP contribution in [-0.2, 0) is 9.59 Å². The molecular formula is C24H16ClFN4O5. The van der Waals surface area contributed by atoms with Gasteiger partial charge < -0.3 is 20.1 Å². The van der Waals surface area contributed by atoms with Gasteiger partial charge in [-0.2, -0.15) is 0 Å². The molecule has 1 aliphatic rings. The molecule has 176 valence electrons. The van der Waals surface area contributed by atoms with Gasteiger partial charge in [-0.1, -0.05) is 23.7 Å². The second kappa shape index (κ2) is 8.99. The summed E-state index contributed by atoms with van der Waals surface area (Å²) in [6, 6.07) is 16.5. The van der Waals surface area contributed by atoms with Crippen LogP contribution in [-0.4, -0.2) is 29.2 Å². The summed E-state index contributed by atoms with van der Waals surface area (Å²) in [5.74, 6) is -2.41. The maximum Gasteiger partial charge on any atom is 0.328 e. The van der Waals surface area contributed by atoms with Gasteiger partial charge >= 0.3 is 11.8 Å². The zero-order valence-electron chi connectivity index (χ0n) is 17.8. The summed E-state index contributed by atoms with van der Waals surface area (Å²) < 4.78 is 25.7. The Kier molecular flexibility index (Phi) is 5.71. The van der Waals surface area contributed by atoms with Crippen LogP contribution in [0.4, 0.5) is 15.8 Å². The minimum atomic E-state index is -1.05. The third-order valence-electron chi connectivity index (χ3n) is 5.17. The van der Waals surface area contributed by atoms with Crippen molar-refractivity contribution >= 4 is 51.6 Å². The number of carbonyl (C=O) groups is 3. The average Bonchev–Trinajstić information content (AvgIpc) is 3.44. The number of hydrogen-bond donors (Lipinski definition) is 3. The highest BCUT2D eigenvalue weighted by atomic mass is 35.5. The fraction of sp³-hybridized carbons (Fsp3) is 0.0417. The van der Waals surface area contributed by atoms with Crippen molar-refractivity contribution in [2.45, 2.75) is 0 Å². The number of carbonyl (C=O) groups excluding carboxylic acids is 3. The second-order valence-electron chi connectivity index (χ2n) is 7.47. The summed E-state index contributed by atoms with van der Waals surface area (Å²) in [5, 5.41) is 5.86. The van der Waals surface area contributed by atoms with E-state index >= 15 is 0 Å². The van der Waals surface area contributed by atoms with E-state index in [1.54, 1.807) is 36.4 Å². The number of nitrogens with one attached hydrogen (secondary N) is 3. The molecule has 2 heterocycles. The van der Waals surface area contributed by atoms with Gasteiger partial charge in [-0.3, -0.25) is 19.8 Å². The lowest BCUT2D eigenvalue weighted by atomic mass is 10.2. The van der Waals surface area contributed by atoms with Gasteiger partial charge in [-0.15, -0.1) is 0 Å². The van der Waals surface area contributed by atoms with Gasteiger partial charge in [0.15, 0.2) is 11.5 Å². The first-order valence-corrected chi connectivity index (χ1v) is 10.7. The minimum absolute atomic E-state index is 0.0424. The maximum absolute atomic E-state index is 14.1. The molecule has 1 aromatic heterocycles. The molecule has 0 saturated heterocycles. The molecule has 3 aromatic carbocycles. The monoisotopic (exact) mass is 494 g/mol. The molecule has 0 aliphatic carbocycles. The zero-order chi connectivity index (χ0) is 24.5. The van der Waals surface area contributed by atoms with Crippen molar-refractivity contribution in [3.05, 3.63) is 83.3 Å². The number of para-hydroxylation sites is 1. The Labute approximate surface area is 202 Å². The molecule has 0 spiro atoms. The smallest absolute Gasteiger partial charge is 0.328 e. The van der Waals surface area contributed by atoms with E-state index in [9.17, 15) is 18.8 Å². The van der Waals surface area contributed by atoms with Crippen molar-refractivity contribution in [3.8, 4) is 11.5 Å².